The lowest BCUT2D eigenvalue weighted by Crippen LogP contribution is -1.94. The molecular formula is C17H16N2O2. The van der Waals surface area contributed by atoms with Crippen molar-refractivity contribution in [2.45, 2.75) is 6.92 Å². The number of anilines is 1. The van der Waals surface area contributed by atoms with Crippen molar-refractivity contribution in [2.24, 2.45) is 0 Å². The zero-order valence-electron chi connectivity index (χ0n) is 12.0. The van der Waals surface area contributed by atoms with Crippen LogP contribution >= 0.6 is 0 Å². The van der Waals surface area contributed by atoms with Gasteiger partial charge in [0, 0.05) is 17.3 Å². The summed E-state index contributed by atoms with van der Waals surface area (Å²) in [5.74, 6) is 2.00. The maximum atomic E-state index is 5.98. The van der Waals surface area contributed by atoms with E-state index in [0.29, 0.717) is 22.9 Å². The Labute approximate surface area is 123 Å². The molecule has 0 aliphatic carbocycles. The fourth-order valence-electron chi connectivity index (χ4n) is 2.23. The van der Waals surface area contributed by atoms with Crippen LogP contribution in [0.5, 0.6) is 17.2 Å². The van der Waals surface area contributed by atoms with Crippen molar-refractivity contribution in [3.8, 4) is 17.2 Å². The number of fused-ring (bicyclic) bond motifs is 1. The summed E-state index contributed by atoms with van der Waals surface area (Å²) in [6.07, 6.45) is 1.72. The standard InChI is InChI=1S/C17H16N2O2/c1-11-5-7-14(16(10-11)20-2)21-15-8-6-13(18)12-4-3-9-19-17(12)15/h3-10H,18H2,1-2H3. The molecular weight excluding hydrogens is 264 g/mol. The number of nitrogens with zero attached hydrogens (tertiary/aromatic N) is 1. The number of hydrogen-bond acceptors (Lipinski definition) is 4. The van der Waals surface area contributed by atoms with Gasteiger partial charge in [-0.15, -0.1) is 0 Å². The van der Waals surface area contributed by atoms with Crippen molar-refractivity contribution >= 4 is 16.6 Å². The van der Waals surface area contributed by atoms with E-state index in [0.717, 1.165) is 16.5 Å². The van der Waals surface area contributed by atoms with Crippen LogP contribution in [0.4, 0.5) is 5.69 Å². The van der Waals surface area contributed by atoms with Gasteiger partial charge in [-0.1, -0.05) is 6.07 Å². The van der Waals surface area contributed by atoms with Crippen molar-refractivity contribution in [1.82, 2.24) is 4.98 Å². The van der Waals surface area contributed by atoms with E-state index in [1.165, 1.54) is 0 Å². The minimum absolute atomic E-state index is 0.653. The van der Waals surface area contributed by atoms with Gasteiger partial charge in [0.15, 0.2) is 17.2 Å². The number of nitrogens with two attached hydrogens (primary N) is 1. The minimum Gasteiger partial charge on any atom is -0.493 e. The van der Waals surface area contributed by atoms with E-state index in [1.807, 2.05) is 49.4 Å². The summed E-state index contributed by atoms with van der Waals surface area (Å²) in [5.41, 5.74) is 8.50. The Morgan fingerprint density at radius 2 is 1.81 bits per heavy atom. The van der Waals surface area contributed by atoms with Gasteiger partial charge in [0.1, 0.15) is 5.52 Å². The van der Waals surface area contributed by atoms with Crippen LogP contribution in [0.15, 0.2) is 48.7 Å². The maximum Gasteiger partial charge on any atom is 0.169 e. The number of rotatable bonds is 3. The molecule has 2 aromatic carbocycles. The normalized spacial score (nSPS) is 10.6. The highest BCUT2D eigenvalue weighted by Gasteiger charge is 2.10. The highest BCUT2D eigenvalue weighted by atomic mass is 16.5. The maximum absolute atomic E-state index is 5.98. The van der Waals surface area contributed by atoms with Gasteiger partial charge in [0.2, 0.25) is 0 Å². The fourth-order valence-corrected chi connectivity index (χ4v) is 2.23. The third kappa shape index (κ3) is 2.48. The first kappa shape index (κ1) is 13.2. The van der Waals surface area contributed by atoms with E-state index in [-0.39, 0.29) is 0 Å². The van der Waals surface area contributed by atoms with Gasteiger partial charge in [-0.2, -0.15) is 0 Å². The van der Waals surface area contributed by atoms with Gasteiger partial charge in [0.25, 0.3) is 0 Å². The number of ether oxygens (including phenoxy) is 2. The summed E-state index contributed by atoms with van der Waals surface area (Å²) in [7, 11) is 1.63. The molecule has 0 fully saturated rings. The number of hydrogen-bond donors (Lipinski definition) is 1. The number of aromatic nitrogens is 1. The fraction of sp³-hybridized carbons (Fsp3) is 0.118. The monoisotopic (exact) mass is 280 g/mol. The molecule has 21 heavy (non-hydrogen) atoms. The first-order chi connectivity index (χ1) is 10.2. The second-order valence-electron chi connectivity index (χ2n) is 4.81. The average molecular weight is 280 g/mol. The molecule has 0 unspecified atom stereocenters. The van der Waals surface area contributed by atoms with Crippen molar-refractivity contribution in [3.05, 3.63) is 54.2 Å². The Morgan fingerprint density at radius 3 is 2.62 bits per heavy atom. The molecule has 0 radical (unpaired) electrons. The molecule has 106 valence electrons. The average Bonchev–Trinajstić information content (AvgIpc) is 2.52. The van der Waals surface area contributed by atoms with E-state index >= 15 is 0 Å². The molecule has 4 heteroatoms. The zero-order chi connectivity index (χ0) is 14.8. The Morgan fingerprint density at radius 1 is 1.00 bits per heavy atom. The number of pyridine rings is 1. The first-order valence-corrected chi connectivity index (χ1v) is 6.65. The molecule has 2 N–H and O–H groups in total. The lowest BCUT2D eigenvalue weighted by molar-refractivity contribution is 0.379. The highest BCUT2D eigenvalue weighted by molar-refractivity contribution is 5.94. The lowest BCUT2D eigenvalue weighted by atomic mass is 10.1. The Bertz CT molecular complexity index is 800. The molecule has 1 aromatic heterocycles. The molecule has 0 spiro atoms. The largest absolute Gasteiger partial charge is 0.493 e. The van der Waals surface area contributed by atoms with Gasteiger partial charge < -0.3 is 15.2 Å². The predicted octanol–water partition coefficient (Wildman–Crippen LogP) is 3.93. The summed E-state index contributed by atoms with van der Waals surface area (Å²) < 4.78 is 11.3. The van der Waals surface area contributed by atoms with Crippen LogP contribution < -0.4 is 15.2 Å². The molecule has 0 saturated carbocycles. The van der Waals surface area contributed by atoms with E-state index in [4.69, 9.17) is 15.2 Å². The molecule has 0 amide bonds. The van der Waals surface area contributed by atoms with Gasteiger partial charge in [-0.05, 0) is 48.9 Å². The van der Waals surface area contributed by atoms with E-state index in [1.54, 1.807) is 13.3 Å². The van der Waals surface area contributed by atoms with Crippen LogP contribution in [0.3, 0.4) is 0 Å². The Kier molecular flexibility index (Phi) is 3.36. The Hall–Kier alpha value is -2.75. The molecule has 0 aliphatic rings. The van der Waals surface area contributed by atoms with Crippen LogP contribution in [0.1, 0.15) is 5.56 Å². The van der Waals surface area contributed by atoms with Gasteiger partial charge in [-0.25, -0.2) is 0 Å². The minimum atomic E-state index is 0.653. The first-order valence-electron chi connectivity index (χ1n) is 6.65. The SMILES string of the molecule is COc1cc(C)ccc1Oc1ccc(N)c2cccnc12. The molecule has 0 bridgehead atoms. The summed E-state index contributed by atoms with van der Waals surface area (Å²) in [4.78, 5) is 4.37. The van der Waals surface area contributed by atoms with Crippen molar-refractivity contribution in [2.75, 3.05) is 12.8 Å². The lowest BCUT2D eigenvalue weighted by Gasteiger charge is -2.13. The molecule has 0 saturated heterocycles. The highest BCUT2D eigenvalue weighted by Crippen LogP contribution is 2.36. The van der Waals surface area contributed by atoms with E-state index in [9.17, 15) is 0 Å². The van der Waals surface area contributed by atoms with Gasteiger partial charge in [0.05, 0.1) is 7.11 Å². The predicted molar refractivity (Wildman–Crippen MR) is 84.0 cm³/mol. The summed E-state index contributed by atoms with van der Waals surface area (Å²) in [6, 6.07) is 13.2. The molecule has 1 heterocycles. The van der Waals surface area contributed by atoms with Crippen molar-refractivity contribution < 1.29 is 9.47 Å². The smallest absolute Gasteiger partial charge is 0.169 e. The zero-order valence-corrected chi connectivity index (χ0v) is 12.0. The second kappa shape index (κ2) is 5.32. The summed E-state index contributed by atoms with van der Waals surface area (Å²) in [6.45, 7) is 2.01. The summed E-state index contributed by atoms with van der Waals surface area (Å²) >= 11 is 0. The number of methoxy groups -OCH3 is 1. The van der Waals surface area contributed by atoms with Crippen LogP contribution in [-0.2, 0) is 0 Å². The molecule has 3 aromatic rings. The van der Waals surface area contributed by atoms with Gasteiger partial charge in [-0.3, -0.25) is 4.98 Å². The number of nitrogen functional groups attached to an aromatic ring is 1. The number of aryl methyl sites for hydroxylation is 1. The quantitative estimate of drug-likeness (QED) is 0.739. The molecule has 4 nitrogen and oxygen atoms in total. The molecule has 3 rings (SSSR count). The number of benzene rings is 2. The second-order valence-corrected chi connectivity index (χ2v) is 4.81. The van der Waals surface area contributed by atoms with Crippen LogP contribution in [0.25, 0.3) is 10.9 Å². The van der Waals surface area contributed by atoms with E-state index < -0.39 is 0 Å². The van der Waals surface area contributed by atoms with Gasteiger partial charge >= 0.3 is 0 Å². The van der Waals surface area contributed by atoms with E-state index in [2.05, 4.69) is 4.98 Å². The third-order valence-electron chi connectivity index (χ3n) is 3.31. The Balaban J connectivity index is 2.09. The van der Waals surface area contributed by atoms with Crippen LogP contribution in [0, 0.1) is 6.92 Å². The van der Waals surface area contributed by atoms with Crippen LogP contribution in [0.2, 0.25) is 0 Å². The molecule has 0 atom stereocenters. The van der Waals surface area contributed by atoms with Crippen LogP contribution in [-0.4, -0.2) is 12.1 Å². The summed E-state index contributed by atoms with van der Waals surface area (Å²) in [5, 5.41) is 0.876. The topological polar surface area (TPSA) is 57.4 Å². The van der Waals surface area contributed by atoms with Crippen molar-refractivity contribution in [1.29, 1.82) is 0 Å². The molecule has 0 aliphatic heterocycles. The third-order valence-corrected chi connectivity index (χ3v) is 3.31. The van der Waals surface area contributed by atoms with Crippen molar-refractivity contribution in [3.63, 3.8) is 0 Å².